The zero-order chi connectivity index (χ0) is 16.8. The Kier molecular flexibility index (Phi) is 4.46. The number of anilines is 1. The minimum Gasteiger partial charge on any atom is -0.316 e. The lowest BCUT2D eigenvalue weighted by atomic mass is 10.1. The van der Waals surface area contributed by atoms with Crippen molar-refractivity contribution in [2.24, 2.45) is 4.99 Å². The fourth-order valence-electron chi connectivity index (χ4n) is 2.88. The van der Waals surface area contributed by atoms with Gasteiger partial charge in [0, 0.05) is 10.9 Å². The summed E-state index contributed by atoms with van der Waals surface area (Å²) in [6.45, 7) is 4.03. The number of aliphatic imine (C=N–C) groups is 1. The number of amides is 1. The van der Waals surface area contributed by atoms with Crippen molar-refractivity contribution in [1.29, 1.82) is 0 Å². The van der Waals surface area contributed by atoms with Crippen LogP contribution >= 0.6 is 23.4 Å². The van der Waals surface area contributed by atoms with Gasteiger partial charge in [0.1, 0.15) is 5.88 Å². The van der Waals surface area contributed by atoms with Crippen molar-refractivity contribution in [3.8, 4) is 0 Å². The minimum atomic E-state index is -3.05. The Morgan fingerprint density at radius 1 is 1.35 bits per heavy atom. The van der Waals surface area contributed by atoms with Crippen LogP contribution in [0.3, 0.4) is 0 Å². The molecule has 2 unspecified atom stereocenters. The summed E-state index contributed by atoms with van der Waals surface area (Å²) < 4.78 is 23.9. The summed E-state index contributed by atoms with van der Waals surface area (Å²) in [7, 11) is -3.05. The standard InChI is InChI=1S/C15H17ClN2O3S2/c1-9-3-4-11(5-10(9)2)18-12-7-23(20,21)8-13(12)22-15(18)17-14(19)6-16/h3-5,12-13H,6-8H2,1-2H3. The van der Waals surface area contributed by atoms with Crippen LogP contribution in [0.15, 0.2) is 23.2 Å². The summed E-state index contributed by atoms with van der Waals surface area (Å²) in [5, 5.41) is 0.451. The second-order valence-corrected chi connectivity index (χ2v) is 9.49. The summed E-state index contributed by atoms with van der Waals surface area (Å²) in [6, 6.07) is 5.75. The molecule has 5 nitrogen and oxygen atoms in total. The van der Waals surface area contributed by atoms with Crippen LogP contribution in [0.2, 0.25) is 0 Å². The molecule has 3 rings (SSSR count). The van der Waals surface area contributed by atoms with E-state index in [0.29, 0.717) is 5.17 Å². The summed E-state index contributed by atoms with van der Waals surface area (Å²) in [6.07, 6.45) is 0. The predicted octanol–water partition coefficient (Wildman–Crippen LogP) is 2.14. The lowest BCUT2D eigenvalue weighted by molar-refractivity contribution is -0.115. The zero-order valence-electron chi connectivity index (χ0n) is 12.8. The number of benzene rings is 1. The molecule has 2 fully saturated rings. The smallest absolute Gasteiger partial charge is 0.262 e. The number of hydrogen-bond acceptors (Lipinski definition) is 4. The largest absolute Gasteiger partial charge is 0.316 e. The van der Waals surface area contributed by atoms with E-state index in [0.717, 1.165) is 16.8 Å². The Bertz CT molecular complexity index is 792. The van der Waals surface area contributed by atoms with Gasteiger partial charge in [0.2, 0.25) is 0 Å². The molecule has 0 radical (unpaired) electrons. The predicted molar refractivity (Wildman–Crippen MR) is 95.4 cm³/mol. The van der Waals surface area contributed by atoms with Gasteiger partial charge in [-0.2, -0.15) is 4.99 Å². The summed E-state index contributed by atoms with van der Waals surface area (Å²) in [5.74, 6) is -0.382. The molecule has 0 N–H and O–H groups in total. The van der Waals surface area contributed by atoms with Gasteiger partial charge < -0.3 is 4.90 Å². The number of alkyl halides is 1. The molecule has 2 aliphatic heterocycles. The van der Waals surface area contributed by atoms with E-state index in [4.69, 9.17) is 11.6 Å². The first-order valence-electron chi connectivity index (χ1n) is 7.22. The van der Waals surface area contributed by atoms with E-state index in [-0.39, 0.29) is 28.7 Å². The molecule has 1 aromatic carbocycles. The van der Waals surface area contributed by atoms with Crippen LogP contribution in [-0.4, -0.2) is 48.2 Å². The van der Waals surface area contributed by atoms with Gasteiger partial charge >= 0.3 is 0 Å². The van der Waals surface area contributed by atoms with Gasteiger partial charge in [-0.3, -0.25) is 4.79 Å². The second kappa shape index (κ2) is 6.11. The summed E-state index contributed by atoms with van der Waals surface area (Å²) in [5.41, 5.74) is 3.14. The summed E-state index contributed by atoms with van der Waals surface area (Å²) in [4.78, 5) is 17.6. The van der Waals surface area contributed by atoms with Crippen LogP contribution in [0.1, 0.15) is 11.1 Å². The van der Waals surface area contributed by atoms with Crippen LogP contribution < -0.4 is 4.90 Å². The van der Waals surface area contributed by atoms with Gasteiger partial charge in [-0.05, 0) is 37.1 Å². The maximum atomic E-state index is 12.0. The number of sulfone groups is 1. The first kappa shape index (κ1) is 16.8. The molecular weight excluding hydrogens is 356 g/mol. The second-order valence-electron chi connectivity index (χ2n) is 5.86. The van der Waals surface area contributed by atoms with Crippen molar-refractivity contribution in [1.82, 2.24) is 0 Å². The summed E-state index contributed by atoms with van der Waals surface area (Å²) >= 11 is 6.91. The Morgan fingerprint density at radius 3 is 2.74 bits per heavy atom. The molecule has 124 valence electrons. The molecule has 23 heavy (non-hydrogen) atoms. The van der Waals surface area contributed by atoms with Crippen molar-refractivity contribution in [3.05, 3.63) is 29.3 Å². The first-order chi connectivity index (χ1) is 10.8. The van der Waals surface area contributed by atoms with E-state index >= 15 is 0 Å². The zero-order valence-corrected chi connectivity index (χ0v) is 15.2. The number of amidine groups is 1. The van der Waals surface area contributed by atoms with E-state index in [1.807, 2.05) is 36.9 Å². The number of nitrogens with zero attached hydrogens (tertiary/aromatic N) is 2. The van der Waals surface area contributed by atoms with E-state index < -0.39 is 15.7 Å². The molecular formula is C15H17ClN2O3S2. The molecule has 1 aromatic rings. The number of rotatable bonds is 2. The fourth-order valence-corrected chi connectivity index (χ4v) is 6.87. The Hall–Kier alpha value is -1.05. The number of fused-ring (bicyclic) bond motifs is 1. The Labute approximate surface area is 145 Å². The third-order valence-electron chi connectivity index (χ3n) is 4.17. The van der Waals surface area contributed by atoms with Crippen molar-refractivity contribution in [2.45, 2.75) is 25.1 Å². The van der Waals surface area contributed by atoms with Crippen molar-refractivity contribution < 1.29 is 13.2 Å². The van der Waals surface area contributed by atoms with Gasteiger partial charge in [0.25, 0.3) is 5.91 Å². The number of carbonyl (C=O) groups is 1. The highest BCUT2D eigenvalue weighted by Gasteiger charge is 2.49. The number of carbonyl (C=O) groups excluding carboxylic acids is 1. The highest BCUT2D eigenvalue weighted by Crippen LogP contribution is 2.41. The van der Waals surface area contributed by atoms with E-state index in [2.05, 4.69) is 4.99 Å². The molecule has 2 atom stereocenters. The molecule has 1 amide bonds. The van der Waals surface area contributed by atoms with E-state index in [9.17, 15) is 13.2 Å². The number of halogens is 1. The van der Waals surface area contributed by atoms with E-state index in [1.165, 1.54) is 11.8 Å². The van der Waals surface area contributed by atoms with Gasteiger partial charge in [0.05, 0.1) is 17.5 Å². The maximum absolute atomic E-state index is 12.0. The van der Waals surface area contributed by atoms with Crippen LogP contribution in [0.4, 0.5) is 5.69 Å². The Morgan fingerprint density at radius 2 is 2.09 bits per heavy atom. The molecule has 2 aliphatic rings. The molecule has 0 spiro atoms. The lowest BCUT2D eigenvalue weighted by Gasteiger charge is -2.25. The minimum absolute atomic E-state index is 0.0890. The molecule has 0 bridgehead atoms. The molecule has 8 heteroatoms. The highest BCUT2D eigenvalue weighted by atomic mass is 35.5. The van der Waals surface area contributed by atoms with Crippen molar-refractivity contribution >= 4 is 50.0 Å². The third-order valence-corrected chi connectivity index (χ3v) is 7.61. The number of thioether (sulfide) groups is 1. The average Bonchev–Trinajstić information content (AvgIpc) is 2.93. The van der Waals surface area contributed by atoms with Gasteiger partial charge in [0.15, 0.2) is 15.0 Å². The maximum Gasteiger partial charge on any atom is 0.262 e. The SMILES string of the molecule is Cc1ccc(N2C(=NC(=O)CCl)SC3CS(=O)(=O)CC32)cc1C. The molecule has 0 aromatic heterocycles. The quantitative estimate of drug-likeness (QED) is 0.744. The van der Waals surface area contributed by atoms with Crippen LogP contribution in [0.5, 0.6) is 0 Å². The monoisotopic (exact) mass is 372 g/mol. The lowest BCUT2D eigenvalue weighted by Crippen LogP contribution is -2.37. The van der Waals surface area contributed by atoms with Crippen LogP contribution in [0.25, 0.3) is 0 Å². The fraction of sp³-hybridized carbons (Fsp3) is 0.467. The average molecular weight is 373 g/mol. The molecule has 2 saturated heterocycles. The third kappa shape index (κ3) is 3.27. The highest BCUT2D eigenvalue weighted by molar-refractivity contribution is 8.16. The topological polar surface area (TPSA) is 66.8 Å². The van der Waals surface area contributed by atoms with Gasteiger partial charge in [-0.25, -0.2) is 8.42 Å². The van der Waals surface area contributed by atoms with E-state index in [1.54, 1.807) is 0 Å². The Balaban J connectivity index is 2.04. The number of hydrogen-bond donors (Lipinski definition) is 0. The molecule has 0 saturated carbocycles. The van der Waals surface area contributed by atoms with Crippen molar-refractivity contribution in [2.75, 3.05) is 22.3 Å². The molecule has 0 aliphatic carbocycles. The van der Waals surface area contributed by atoms with Crippen molar-refractivity contribution in [3.63, 3.8) is 0 Å². The van der Waals surface area contributed by atoms with Crippen LogP contribution in [-0.2, 0) is 14.6 Å². The van der Waals surface area contributed by atoms with Gasteiger partial charge in [-0.15, -0.1) is 11.6 Å². The normalized spacial score (nSPS) is 27.4. The van der Waals surface area contributed by atoms with Crippen LogP contribution in [0, 0.1) is 13.8 Å². The first-order valence-corrected chi connectivity index (χ1v) is 10.5. The number of aryl methyl sites for hydroxylation is 2. The molecule has 2 heterocycles. The van der Waals surface area contributed by atoms with Gasteiger partial charge in [-0.1, -0.05) is 17.8 Å².